The Balaban J connectivity index is 4.54. The molecule has 0 N–H and O–H groups in total. The first-order valence-electron chi connectivity index (χ1n) is 5.16. The Morgan fingerprint density at radius 2 is 1.69 bits per heavy atom. The van der Waals surface area contributed by atoms with E-state index in [2.05, 4.69) is 22.5 Å². The predicted octanol–water partition coefficient (Wildman–Crippen LogP) is 2.07. The lowest BCUT2D eigenvalue weighted by atomic mass is 10.0. The molecule has 0 spiro atoms. The number of alkyl halides is 1. The highest BCUT2D eigenvalue weighted by molar-refractivity contribution is 9.09. The van der Waals surface area contributed by atoms with E-state index in [1.807, 2.05) is 0 Å². The van der Waals surface area contributed by atoms with Crippen LogP contribution < -0.4 is 0 Å². The van der Waals surface area contributed by atoms with Gasteiger partial charge in [-0.1, -0.05) is 22.0 Å². The Morgan fingerprint density at radius 1 is 1.25 bits per heavy atom. The molecule has 1 atom stereocenters. The van der Waals surface area contributed by atoms with E-state index in [9.17, 15) is 9.59 Å². The summed E-state index contributed by atoms with van der Waals surface area (Å²) in [4.78, 5) is 22.9. The fourth-order valence-corrected chi connectivity index (χ4v) is 1.47. The van der Waals surface area contributed by atoms with Gasteiger partial charge >= 0.3 is 11.9 Å². The van der Waals surface area contributed by atoms with Gasteiger partial charge in [0.25, 0.3) is 0 Å². The molecule has 0 aromatic carbocycles. The van der Waals surface area contributed by atoms with E-state index in [-0.39, 0.29) is 18.0 Å². The number of halogens is 1. The third-order valence-electron chi connectivity index (χ3n) is 1.86. The Morgan fingerprint density at radius 3 is 2.00 bits per heavy atom. The normalized spacial score (nSPS) is 12.0. The molecule has 0 saturated carbocycles. The lowest BCUT2D eigenvalue weighted by Gasteiger charge is -2.15. The lowest BCUT2D eigenvalue weighted by molar-refractivity contribution is -0.161. The molecule has 0 rings (SSSR count). The van der Waals surface area contributed by atoms with Crippen molar-refractivity contribution in [1.29, 1.82) is 0 Å². The molecule has 16 heavy (non-hydrogen) atoms. The molecule has 0 aromatic rings. The first-order chi connectivity index (χ1) is 7.56. The number of hydrogen-bond donors (Lipinski definition) is 0. The van der Waals surface area contributed by atoms with Crippen molar-refractivity contribution in [3.05, 3.63) is 12.7 Å². The maximum atomic E-state index is 11.5. The molecule has 0 heterocycles. The molecular formula is C11H17BrO4. The Kier molecular flexibility index (Phi) is 7.89. The van der Waals surface area contributed by atoms with Gasteiger partial charge in [-0.15, -0.1) is 6.58 Å². The number of ether oxygens (including phenoxy) is 2. The summed E-state index contributed by atoms with van der Waals surface area (Å²) in [6.45, 7) is 7.45. The minimum atomic E-state index is -0.887. The standard InChI is InChI=1S/C11H17BrO4/c1-4-8(12)7-9(10(13)15-5-2)11(14)16-6-3/h4,8-9H,1,5-7H2,2-3H3. The minimum Gasteiger partial charge on any atom is -0.465 e. The smallest absolute Gasteiger partial charge is 0.320 e. The zero-order valence-corrected chi connectivity index (χ0v) is 11.2. The number of carbonyl (C=O) groups is 2. The maximum absolute atomic E-state index is 11.5. The molecule has 0 fully saturated rings. The Hall–Kier alpha value is -0.840. The van der Waals surface area contributed by atoms with Crippen molar-refractivity contribution in [3.8, 4) is 0 Å². The van der Waals surface area contributed by atoms with E-state index >= 15 is 0 Å². The van der Waals surface area contributed by atoms with Crippen LogP contribution in [0.2, 0.25) is 0 Å². The van der Waals surface area contributed by atoms with Crippen LogP contribution in [0.15, 0.2) is 12.7 Å². The van der Waals surface area contributed by atoms with Gasteiger partial charge in [-0.25, -0.2) is 0 Å². The number of rotatable bonds is 7. The summed E-state index contributed by atoms with van der Waals surface area (Å²) in [5.74, 6) is -1.98. The fourth-order valence-electron chi connectivity index (χ4n) is 1.10. The van der Waals surface area contributed by atoms with E-state index in [0.29, 0.717) is 6.42 Å². The van der Waals surface area contributed by atoms with Crippen molar-refractivity contribution in [2.24, 2.45) is 5.92 Å². The van der Waals surface area contributed by atoms with Crippen LogP contribution in [0.5, 0.6) is 0 Å². The molecule has 5 heteroatoms. The van der Waals surface area contributed by atoms with Crippen LogP contribution in [-0.4, -0.2) is 30.0 Å². The number of esters is 2. The summed E-state index contributed by atoms with van der Waals surface area (Å²) in [5, 5.41) is 0. The highest BCUT2D eigenvalue weighted by Gasteiger charge is 2.30. The van der Waals surface area contributed by atoms with Gasteiger partial charge in [0.2, 0.25) is 0 Å². The second-order valence-electron chi connectivity index (χ2n) is 3.04. The monoisotopic (exact) mass is 292 g/mol. The lowest BCUT2D eigenvalue weighted by Crippen LogP contribution is -2.30. The van der Waals surface area contributed by atoms with Crippen LogP contribution in [0.1, 0.15) is 20.3 Å². The molecule has 4 nitrogen and oxygen atoms in total. The van der Waals surface area contributed by atoms with Gasteiger partial charge in [0.1, 0.15) is 0 Å². The van der Waals surface area contributed by atoms with Gasteiger partial charge in [0.05, 0.1) is 13.2 Å². The van der Waals surface area contributed by atoms with Crippen LogP contribution >= 0.6 is 15.9 Å². The van der Waals surface area contributed by atoms with Crippen LogP contribution in [-0.2, 0) is 19.1 Å². The van der Waals surface area contributed by atoms with Gasteiger partial charge in [-0.05, 0) is 20.3 Å². The molecule has 0 aromatic heterocycles. The Labute approximate surface area is 104 Å². The molecule has 0 aliphatic rings. The summed E-state index contributed by atoms with van der Waals surface area (Å²) in [6.07, 6.45) is 1.91. The second kappa shape index (κ2) is 8.33. The maximum Gasteiger partial charge on any atom is 0.320 e. The first-order valence-corrected chi connectivity index (χ1v) is 6.08. The van der Waals surface area contributed by atoms with Gasteiger partial charge in [0.15, 0.2) is 5.92 Å². The summed E-state index contributed by atoms with van der Waals surface area (Å²) in [6, 6.07) is 0. The summed E-state index contributed by atoms with van der Waals surface area (Å²) in [5.41, 5.74) is 0. The zero-order chi connectivity index (χ0) is 12.6. The van der Waals surface area contributed by atoms with Gasteiger partial charge < -0.3 is 9.47 Å². The fraction of sp³-hybridized carbons (Fsp3) is 0.636. The van der Waals surface area contributed by atoms with E-state index in [0.717, 1.165) is 0 Å². The summed E-state index contributed by atoms with van der Waals surface area (Å²) < 4.78 is 9.64. The van der Waals surface area contributed by atoms with Crippen LogP contribution in [0.4, 0.5) is 0 Å². The van der Waals surface area contributed by atoms with E-state index in [4.69, 9.17) is 9.47 Å². The van der Waals surface area contributed by atoms with Crippen molar-refractivity contribution in [2.45, 2.75) is 25.1 Å². The van der Waals surface area contributed by atoms with E-state index in [1.54, 1.807) is 19.9 Å². The third-order valence-corrected chi connectivity index (χ3v) is 2.61. The average Bonchev–Trinajstić information content (AvgIpc) is 2.25. The molecule has 0 amide bonds. The highest BCUT2D eigenvalue weighted by Crippen LogP contribution is 2.17. The second-order valence-corrected chi connectivity index (χ2v) is 4.22. The Bertz CT molecular complexity index is 234. The largest absolute Gasteiger partial charge is 0.465 e. The molecular weight excluding hydrogens is 276 g/mol. The highest BCUT2D eigenvalue weighted by atomic mass is 79.9. The molecule has 0 aliphatic carbocycles. The number of allylic oxidation sites excluding steroid dienone is 1. The van der Waals surface area contributed by atoms with Gasteiger partial charge in [-0.2, -0.15) is 0 Å². The van der Waals surface area contributed by atoms with E-state index in [1.165, 1.54) is 0 Å². The first kappa shape index (κ1) is 15.2. The van der Waals surface area contributed by atoms with Crippen molar-refractivity contribution < 1.29 is 19.1 Å². The molecule has 0 radical (unpaired) electrons. The van der Waals surface area contributed by atoms with Crippen molar-refractivity contribution >= 4 is 27.9 Å². The molecule has 0 bridgehead atoms. The molecule has 1 unspecified atom stereocenters. The molecule has 92 valence electrons. The van der Waals surface area contributed by atoms with Crippen LogP contribution in [0.3, 0.4) is 0 Å². The summed E-state index contributed by atoms with van der Waals surface area (Å²) >= 11 is 3.28. The van der Waals surface area contributed by atoms with Gasteiger partial charge in [0, 0.05) is 4.83 Å². The van der Waals surface area contributed by atoms with Crippen molar-refractivity contribution in [3.63, 3.8) is 0 Å². The van der Waals surface area contributed by atoms with E-state index < -0.39 is 17.9 Å². The minimum absolute atomic E-state index is 0.119. The van der Waals surface area contributed by atoms with Crippen LogP contribution in [0.25, 0.3) is 0 Å². The zero-order valence-electron chi connectivity index (χ0n) is 9.57. The van der Waals surface area contributed by atoms with Gasteiger partial charge in [-0.3, -0.25) is 9.59 Å². The SMILES string of the molecule is C=CC(Br)CC(C(=O)OCC)C(=O)OCC. The number of carbonyl (C=O) groups excluding carboxylic acids is 2. The van der Waals surface area contributed by atoms with Crippen molar-refractivity contribution in [1.82, 2.24) is 0 Å². The van der Waals surface area contributed by atoms with Crippen molar-refractivity contribution in [2.75, 3.05) is 13.2 Å². The summed E-state index contributed by atoms with van der Waals surface area (Å²) in [7, 11) is 0. The molecule has 0 saturated heterocycles. The molecule has 0 aliphatic heterocycles. The average molecular weight is 293 g/mol. The van der Waals surface area contributed by atoms with Crippen LogP contribution in [0, 0.1) is 5.92 Å². The predicted molar refractivity (Wildman–Crippen MR) is 64.3 cm³/mol. The quantitative estimate of drug-likeness (QED) is 0.312. The number of hydrogen-bond acceptors (Lipinski definition) is 4. The third kappa shape index (κ3) is 5.30. The topological polar surface area (TPSA) is 52.6 Å².